The van der Waals surface area contributed by atoms with Crippen LogP contribution in [0, 0.1) is 11.8 Å². The maximum atomic E-state index is 13.9. The molecule has 0 rings (SSSR count). The van der Waals surface area contributed by atoms with Crippen molar-refractivity contribution >= 4 is 0 Å². The van der Waals surface area contributed by atoms with Crippen LogP contribution in [0.25, 0.3) is 0 Å². The molecule has 1 atom stereocenters. The topological polar surface area (TPSA) is 0 Å². The van der Waals surface area contributed by atoms with Gasteiger partial charge in [0.25, 0.3) is 0 Å². The molecule has 0 aliphatic rings. The Balaban J connectivity index is 4.24. The fraction of sp³-hybridized carbons (Fsp3) is 1.00. The van der Waals surface area contributed by atoms with Gasteiger partial charge in [-0.25, -0.2) is 4.39 Å². The smallest absolute Gasteiger partial charge is 0.113 e. The van der Waals surface area contributed by atoms with E-state index in [1.165, 1.54) is 0 Å². The summed E-state index contributed by atoms with van der Waals surface area (Å²) < 4.78 is 13.9. The Labute approximate surface area is 70.2 Å². The first-order valence-electron chi connectivity index (χ1n) is 4.66. The standard InChI is InChI=1S/C10H21F/c1-6-10(11,7-2)9(5)8(3)4/h8-9H,6-7H2,1-5H3. The van der Waals surface area contributed by atoms with E-state index in [1.807, 2.05) is 20.8 Å². The van der Waals surface area contributed by atoms with Crippen LogP contribution in [-0.2, 0) is 0 Å². The van der Waals surface area contributed by atoms with Gasteiger partial charge in [-0.1, -0.05) is 34.6 Å². The molecule has 0 N–H and O–H groups in total. The van der Waals surface area contributed by atoms with E-state index in [0.29, 0.717) is 18.8 Å². The maximum absolute atomic E-state index is 13.9. The van der Waals surface area contributed by atoms with Crippen molar-refractivity contribution < 1.29 is 4.39 Å². The van der Waals surface area contributed by atoms with Crippen molar-refractivity contribution in [1.29, 1.82) is 0 Å². The second kappa shape index (κ2) is 4.08. The molecule has 0 nitrogen and oxygen atoms in total. The SMILES string of the molecule is CCC(F)(CC)C(C)C(C)C. The molecule has 11 heavy (non-hydrogen) atoms. The van der Waals surface area contributed by atoms with E-state index in [1.54, 1.807) is 0 Å². The third-order valence-electron chi connectivity index (χ3n) is 2.99. The summed E-state index contributed by atoms with van der Waals surface area (Å²) in [6.45, 7) is 10.1. The van der Waals surface area contributed by atoms with Gasteiger partial charge in [0.05, 0.1) is 0 Å². The van der Waals surface area contributed by atoms with Gasteiger partial charge in [-0.15, -0.1) is 0 Å². The zero-order chi connectivity index (χ0) is 9.07. The average Bonchev–Trinajstić information content (AvgIpc) is 2.01. The molecule has 1 unspecified atom stereocenters. The van der Waals surface area contributed by atoms with Crippen molar-refractivity contribution in [2.24, 2.45) is 11.8 Å². The highest BCUT2D eigenvalue weighted by Gasteiger charge is 2.33. The van der Waals surface area contributed by atoms with Crippen LogP contribution in [-0.4, -0.2) is 5.67 Å². The quantitative estimate of drug-likeness (QED) is 0.586. The Bertz CT molecular complexity index is 103. The van der Waals surface area contributed by atoms with Crippen LogP contribution in [0.4, 0.5) is 4.39 Å². The van der Waals surface area contributed by atoms with Crippen molar-refractivity contribution in [3.8, 4) is 0 Å². The highest BCUT2D eigenvalue weighted by Crippen LogP contribution is 2.34. The Kier molecular flexibility index (Phi) is 4.05. The second-order valence-corrected chi connectivity index (χ2v) is 3.77. The third kappa shape index (κ3) is 2.46. The van der Waals surface area contributed by atoms with Crippen LogP contribution < -0.4 is 0 Å². The maximum Gasteiger partial charge on any atom is 0.113 e. The van der Waals surface area contributed by atoms with Crippen molar-refractivity contribution in [2.45, 2.75) is 53.1 Å². The fourth-order valence-corrected chi connectivity index (χ4v) is 1.49. The highest BCUT2D eigenvalue weighted by atomic mass is 19.1. The molecule has 0 bridgehead atoms. The summed E-state index contributed by atoms with van der Waals surface area (Å²) in [5.41, 5.74) is -0.936. The molecule has 0 aromatic heterocycles. The molecule has 1 heteroatoms. The summed E-state index contributed by atoms with van der Waals surface area (Å²) in [5.74, 6) is 0.623. The number of hydrogen-bond acceptors (Lipinski definition) is 0. The number of alkyl halides is 1. The third-order valence-corrected chi connectivity index (χ3v) is 2.99. The van der Waals surface area contributed by atoms with Gasteiger partial charge in [-0.05, 0) is 24.7 Å². The minimum atomic E-state index is -0.936. The van der Waals surface area contributed by atoms with Crippen molar-refractivity contribution in [1.82, 2.24) is 0 Å². The van der Waals surface area contributed by atoms with E-state index in [0.717, 1.165) is 0 Å². The molecule has 0 fully saturated rings. The molecule has 0 spiro atoms. The molecule has 68 valence electrons. The van der Waals surface area contributed by atoms with E-state index in [2.05, 4.69) is 13.8 Å². The lowest BCUT2D eigenvalue weighted by Crippen LogP contribution is -2.33. The largest absolute Gasteiger partial charge is 0.244 e. The second-order valence-electron chi connectivity index (χ2n) is 3.77. The molecule has 0 saturated carbocycles. The minimum Gasteiger partial charge on any atom is -0.244 e. The van der Waals surface area contributed by atoms with Crippen LogP contribution >= 0.6 is 0 Å². The normalized spacial score (nSPS) is 15.5. The summed E-state index contributed by atoms with van der Waals surface area (Å²) in [7, 11) is 0. The Morgan fingerprint density at radius 2 is 1.45 bits per heavy atom. The minimum absolute atomic E-state index is 0.178. The summed E-state index contributed by atoms with van der Waals surface area (Å²) in [6.07, 6.45) is 1.28. The van der Waals surface area contributed by atoms with Gasteiger partial charge in [-0.3, -0.25) is 0 Å². The van der Waals surface area contributed by atoms with Crippen LogP contribution in [0.5, 0.6) is 0 Å². The Morgan fingerprint density at radius 1 is 1.09 bits per heavy atom. The van der Waals surface area contributed by atoms with Gasteiger partial charge in [0, 0.05) is 0 Å². The fourth-order valence-electron chi connectivity index (χ4n) is 1.49. The molecule has 0 radical (unpaired) electrons. The molecule has 0 aromatic carbocycles. The first-order chi connectivity index (χ1) is 4.98. The van der Waals surface area contributed by atoms with E-state index in [9.17, 15) is 4.39 Å². The lowest BCUT2D eigenvalue weighted by Gasteiger charge is -2.32. The van der Waals surface area contributed by atoms with E-state index >= 15 is 0 Å². The van der Waals surface area contributed by atoms with Crippen molar-refractivity contribution in [2.75, 3.05) is 0 Å². The number of hydrogen-bond donors (Lipinski definition) is 0. The van der Waals surface area contributed by atoms with Gasteiger partial charge in [0.1, 0.15) is 5.67 Å². The molecule has 0 aliphatic carbocycles. The van der Waals surface area contributed by atoms with Crippen LogP contribution in [0.15, 0.2) is 0 Å². The first-order valence-corrected chi connectivity index (χ1v) is 4.66. The predicted molar refractivity (Wildman–Crippen MR) is 48.4 cm³/mol. The lowest BCUT2D eigenvalue weighted by atomic mass is 9.79. The number of halogens is 1. The van der Waals surface area contributed by atoms with Crippen molar-refractivity contribution in [3.63, 3.8) is 0 Å². The van der Waals surface area contributed by atoms with Gasteiger partial charge in [0.2, 0.25) is 0 Å². The van der Waals surface area contributed by atoms with Crippen LogP contribution in [0.3, 0.4) is 0 Å². The van der Waals surface area contributed by atoms with Gasteiger partial charge in [-0.2, -0.15) is 0 Å². The summed E-state index contributed by atoms with van der Waals surface area (Å²) in [4.78, 5) is 0. The monoisotopic (exact) mass is 160 g/mol. The van der Waals surface area contributed by atoms with E-state index in [4.69, 9.17) is 0 Å². The molecule has 0 saturated heterocycles. The van der Waals surface area contributed by atoms with Gasteiger partial charge in [0.15, 0.2) is 0 Å². The van der Waals surface area contributed by atoms with Gasteiger partial charge < -0.3 is 0 Å². The van der Waals surface area contributed by atoms with Gasteiger partial charge >= 0.3 is 0 Å². The first kappa shape index (κ1) is 10.9. The zero-order valence-corrected chi connectivity index (χ0v) is 8.45. The molecule has 0 aliphatic heterocycles. The molecule has 0 aromatic rings. The Morgan fingerprint density at radius 3 is 1.55 bits per heavy atom. The molecule has 0 amide bonds. The lowest BCUT2D eigenvalue weighted by molar-refractivity contribution is 0.0544. The summed E-state index contributed by atoms with van der Waals surface area (Å²) in [5, 5.41) is 0. The van der Waals surface area contributed by atoms with Crippen LogP contribution in [0.1, 0.15) is 47.5 Å². The zero-order valence-electron chi connectivity index (χ0n) is 8.45. The molecular formula is C10H21F. The van der Waals surface area contributed by atoms with Crippen LogP contribution in [0.2, 0.25) is 0 Å². The molecular weight excluding hydrogens is 139 g/mol. The summed E-state index contributed by atoms with van der Waals surface area (Å²) >= 11 is 0. The van der Waals surface area contributed by atoms with Crippen molar-refractivity contribution in [3.05, 3.63) is 0 Å². The average molecular weight is 160 g/mol. The van der Waals surface area contributed by atoms with E-state index in [-0.39, 0.29) is 5.92 Å². The van der Waals surface area contributed by atoms with E-state index < -0.39 is 5.67 Å². The summed E-state index contributed by atoms with van der Waals surface area (Å²) in [6, 6.07) is 0. The Hall–Kier alpha value is -0.0700. The highest BCUT2D eigenvalue weighted by molar-refractivity contribution is 4.83. The number of rotatable bonds is 4. The molecule has 0 heterocycles. The predicted octanol–water partition coefficient (Wildman–Crippen LogP) is 3.81.